The summed E-state index contributed by atoms with van der Waals surface area (Å²) in [6.45, 7) is 5.65. The fourth-order valence-electron chi connectivity index (χ4n) is 2.92. The molecule has 1 aliphatic rings. The van der Waals surface area contributed by atoms with Crippen LogP contribution in [0, 0.1) is 18.8 Å². The molecule has 0 aliphatic carbocycles. The Bertz CT molecular complexity index is 507. The van der Waals surface area contributed by atoms with Crippen LogP contribution in [-0.2, 0) is 4.79 Å². The summed E-state index contributed by atoms with van der Waals surface area (Å²) in [5, 5.41) is 8.95. The van der Waals surface area contributed by atoms with Gasteiger partial charge >= 0.3 is 5.97 Å². The number of hydrogen-bond donors (Lipinski definition) is 1. The number of hydrogen-bond acceptors (Lipinski definition) is 5. The second-order valence-electron chi connectivity index (χ2n) is 5.74. The van der Waals surface area contributed by atoms with Gasteiger partial charge in [-0.15, -0.1) is 0 Å². The van der Waals surface area contributed by atoms with Crippen molar-refractivity contribution in [2.24, 2.45) is 11.8 Å². The highest BCUT2D eigenvalue weighted by Gasteiger charge is 2.27. The zero-order valence-corrected chi connectivity index (χ0v) is 12.9. The normalized spacial score (nSPS) is 20.1. The minimum absolute atomic E-state index is 0.176. The summed E-state index contributed by atoms with van der Waals surface area (Å²) in [7, 11) is 1.60. The van der Waals surface area contributed by atoms with Crippen LogP contribution in [0.4, 0.5) is 5.82 Å². The van der Waals surface area contributed by atoms with Crippen LogP contribution in [0.1, 0.15) is 32.0 Å². The lowest BCUT2D eigenvalue weighted by Crippen LogP contribution is -2.39. The van der Waals surface area contributed by atoms with Crippen molar-refractivity contribution in [3.8, 4) is 5.88 Å². The second-order valence-corrected chi connectivity index (χ2v) is 5.74. The lowest BCUT2D eigenvalue weighted by molar-refractivity contribution is -0.138. The van der Waals surface area contributed by atoms with Gasteiger partial charge in [0.25, 0.3) is 0 Å². The lowest BCUT2D eigenvalue weighted by atomic mass is 9.84. The zero-order valence-electron chi connectivity index (χ0n) is 12.9. The molecule has 1 saturated heterocycles. The number of methoxy groups -OCH3 is 1. The van der Waals surface area contributed by atoms with Gasteiger partial charge in [-0.05, 0) is 31.6 Å². The highest BCUT2D eigenvalue weighted by atomic mass is 16.5. The van der Waals surface area contributed by atoms with Crippen LogP contribution in [0.5, 0.6) is 5.88 Å². The molecule has 0 spiro atoms. The fourth-order valence-corrected chi connectivity index (χ4v) is 2.92. The number of aliphatic carboxylic acids is 1. The first kappa shape index (κ1) is 15.5. The average Bonchev–Trinajstić information content (AvgIpc) is 2.46. The molecule has 2 heterocycles. The highest BCUT2D eigenvalue weighted by Crippen LogP contribution is 2.29. The Balaban J connectivity index is 2.10. The number of aromatic nitrogens is 2. The van der Waals surface area contributed by atoms with Crippen molar-refractivity contribution < 1.29 is 14.6 Å². The maximum atomic E-state index is 10.9. The molecule has 2 rings (SSSR count). The van der Waals surface area contributed by atoms with Gasteiger partial charge in [0, 0.05) is 25.6 Å². The first-order valence-electron chi connectivity index (χ1n) is 7.36. The van der Waals surface area contributed by atoms with E-state index >= 15 is 0 Å². The molecule has 6 nitrogen and oxygen atoms in total. The monoisotopic (exact) mass is 293 g/mol. The summed E-state index contributed by atoms with van der Waals surface area (Å²) in [5.74, 6) is 1.96. The van der Waals surface area contributed by atoms with Gasteiger partial charge in [-0.3, -0.25) is 4.79 Å². The van der Waals surface area contributed by atoms with Crippen LogP contribution in [0.15, 0.2) is 6.07 Å². The minimum atomic E-state index is -0.723. The highest BCUT2D eigenvalue weighted by molar-refractivity contribution is 5.67. The van der Waals surface area contributed by atoms with Crippen molar-refractivity contribution in [2.75, 3.05) is 25.1 Å². The molecule has 1 aromatic heterocycles. The SMILES string of the molecule is COc1cc(N2CCCC(C(C)CC(=O)O)C2)nc(C)n1. The summed E-state index contributed by atoms with van der Waals surface area (Å²) >= 11 is 0. The van der Waals surface area contributed by atoms with Gasteiger partial charge < -0.3 is 14.7 Å². The third kappa shape index (κ3) is 4.06. The summed E-state index contributed by atoms with van der Waals surface area (Å²) in [5.41, 5.74) is 0. The average molecular weight is 293 g/mol. The van der Waals surface area contributed by atoms with E-state index in [9.17, 15) is 4.79 Å². The van der Waals surface area contributed by atoms with Crippen LogP contribution < -0.4 is 9.64 Å². The molecular weight excluding hydrogens is 270 g/mol. The molecule has 1 fully saturated rings. The Morgan fingerprint density at radius 3 is 3.00 bits per heavy atom. The quantitative estimate of drug-likeness (QED) is 0.896. The smallest absolute Gasteiger partial charge is 0.303 e. The van der Waals surface area contributed by atoms with E-state index in [1.54, 1.807) is 7.11 Å². The van der Waals surface area contributed by atoms with Gasteiger partial charge in [-0.1, -0.05) is 6.92 Å². The van der Waals surface area contributed by atoms with E-state index in [-0.39, 0.29) is 12.3 Å². The van der Waals surface area contributed by atoms with Crippen LogP contribution in [0.2, 0.25) is 0 Å². The van der Waals surface area contributed by atoms with Gasteiger partial charge in [-0.25, -0.2) is 4.98 Å². The Morgan fingerprint density at radius 1 is 1.57 bits per heavy atom. The first-order chi connectivity index (χ1) is 9.99. The number of carboxylic acids is 1. The Kier molecular flexibility index (Phi) is 4.98. The van der Waals surface area contributed by atoms with E-state index in [1.165, 1.54) is 0 Å². The molecule has 21 heavy (non-hydrogen) atoms. The van der Waals surface area contributed by atoms with Crippen molar-refractivity contribution >= 4 is 11.8 Å². The number of piperidine rings is 1. The molecule has 1 aromatic rings. The summed E-state index contributed by atoms with van der Waals surface area (Å²) < 4.78 is 5.20. The zero-order chi connectivity index (χ0) is 15.4. The summed E-state index contributed by atoms with van der Waals surface area (Å²) in [6.07, 6.45) is 2.36. The molecule has 0 radical (unpaired) electrons. The van der Waals surface area contributed by atoms with Gasteiger partial charge in [-0.2, -0.15) is 4.98 Å². The predicted octanol–water partition coefficient (Wildman–Crippen LogP) is 2.12. The van der Waals surface area contributed by atoms with E-state index in [0.717, 1.165) is 31.7 Å². The van der Waals surface area contributed by atoms with Crippen LogP contribution in [-0.4, -0.2) is 41.2 Å². The minimum Gasteiger partial charge on any atom is -0.481 e. The topological polar surface area (TPSA) is 75.5 Å². The molecule has 0 saturated carbocycles. The van der Waals surface area contributed by atoms with Crippen molar-refractivity contribution in [3.05, 3.63) is 11.9 Å². The lowest BCUT2D eigenvalue weighted by Gasteiger charge is -2.36. The number of carboxylic acid groups (broad SMARTS) is 1. The first-order valence-corrected chi connectivity index (χ1v) is 7.36. The van der Waals surface area contributed by atoms with Crippen molar-refractivity contribution in [1.29, 1.82) is 0 Å². The van der Waals surface area contributed by atoms with Crippen molar-refractivity contribution in [2.45, 2.75) is 33.1 Å². The van der Waals surface area contributed by atoms with Gasteiger partial charge in [0.15, 0.2) is 0 Å². The number of rotatable bonds is 5. The Labute approximate surface area is 125 Å². The van der Waals surface area contributed by atoms with Crippen molar-refractivity contribution in [1.82, 2.24) is 9.97 Å². The predicted molar refractivity (Wildman–Crippen MR) is 79.7 cm³/mol. The fraction of sp³-hybridized carbons (Fsp3) is 0.667. The van der Waals surface area contributed by atoms with E-state index in [4.69, 9.17) is 9.84 Å². The third-order valence-electron chi connectivity index (χ3n) is 4.09. The van der Waals surface area contributed by atoms with Crippen LogP contribution in [0.25, 0.3) is 0 Å². The number of ether oxygens (including phenoxy) is 1. The molecule has 6 heteroatoms. The maximum Gasteiger partial charge on any atom is 0.303 e. The third-order valence-corrected chi connectivity index (χ3v) is 4.09. The van der Waals surface area contributed by atoms with Gasteiger partial charge in [0.05, 0.1) is 7.11 Å². The van der Waals surface area contributed by atoms with Crippen LogP contribution in [0.3, 0.4) is 0 Å². The number of nitrogens with zero attached hydrogens (tertiary/aromatic N) is 3. The maximum absolute atomic E-state index is 10.9. The molecule has 1 N–H and O–H groups in total. The van der Waals surface area contributed by atoms with Gasteiger partial charge in [0.1, 0.15) is 11.6 Å². The number of aryl methyl sites for hydroxylation is 1. The van der Waals surface area contributed by atoms with E-state index in [2.05, 4.69) is 14.9 Å². The molecule has 2 unspecified atom stereocenters. The standard InChI is InChI=1S/C15H23N3O3/c1-10(7-15(19)20)12-5-4-6-18(9-12)13-8-14(21-3)17-11(2)16-13/h8,10,12H,4-7,9H2,1-3H3,(H,19,20). The summed E-state index contributed by atoms with van der Waals surface area (Å²) in [6, 6.07) is 1.84. The van der Waals surface area contributed by atoms with E-state index in [0.29, 0.717) is 17.6 Å². The summed E-state index contributed by atoms with van der Waals surface area (Å²) in [4.78, 5) is 21.8. The van der Waals surface area contributed by atoms with Crippen molar-refractivity contribution in [3.63, 3.8) is 0 Å². The number of anilines is 1. The molecule has 2 atom stereocenters. The van der Waals surface area contributed by atoms with Gasteiger partial charge in [0.2, 0.25) is 5.88 Å². The largest absolute Gasteiger partial charge is 0.481 e. The molecular formula is C15H23N3O3. The van der Waals surface area contributed by atoms with E-state index < -0.39 is 5.97 Å². The number of carbonyl (C=O) groups is 1. The molecule has 0 amide bonds. The van der Waals surface area contributed by atoms with Crippen LogP contribution >= 0.6 is 0 Å². The second kappa shape index (κ2) is 6.74. The Morgan fingerprint density at radius 2 is 2.33 bits per heavy atom. The molecule has 0 bridgehead atoms. The van der Waals surface area contributed by atoms with E-state index in [1.807, 2.05) is 19.9 Å². The Hall–Kier alpha value is -1.85. The molecule has 116 valence electrons. The molecule has 0 aromatic carbocycles. The molecule has 1 aliphatic heterocycles.